The van der Waals surface area contributed by atoms with Crippen molar-refractivity contribution in [2.45, 2.75) is 62.9 Å². The Morgan fingerprint density at radius 2 is 1.95 bits per heavy atom. The molecule has 0 radical (unpaired) electrons. The summed E-state index contributed by atoms with van der Waals surface area (Å²) >= 11 is 0. The number of hydrogen-bond acceptors (Lipinski definition) is 2. The van der Waals surface area contributed by atoms with Gasteiger partial charge in [-0.25, -0.2) is 4.98 Å². The minimum Gasteiger partial charge on any atom is -0.325 e. The molecular formula is C18H25N3. The van der Waals surface area contributed by atoms with Crippen molar-refractivity contribution in [3.8, 4) is 0 Å². The van der Waals surface area contributed by atoms with Crippen LogP contribution in [0, 0.1) is 0 Å². The first-order chi connectivity index (χ1) is 10.3. The van der Waals surface area contributed by atoms with E-state index in [1.54, 1.807) is 0 Å². The Morgan fingerprint density at radius 1 is 1.19 bits per heavy atom. The summed E-state index contributed by atoms with van der Waals surface area (Å²) in [6.07, 6.45) is 10.4. The fourth-order valence-corrected chi connectivity index (χ4v) is 4.01. The van der Waals surface area contributed by atoms with Gasteiger partial charge in [-0.2, -0.15) is 0 Å². The molecule has 1 N–H and O–H groups in total. The Morgan fingerprint density at radius 3 is 2.67 bits per heavy atom. The monoisotopic (exact) mass is 283 g/mol. The molecule has 2 fully saturated rings. The first-order valence-electron chi connectivity index (χ1n) is 8.46. The number of benzene rings is 1. The third-order valence-corrected chi connectivity index (χ3v) is 5.42. The lowest BCUT2D eigenvalue weighted by Crippen LogP contribution is -2.47. The maximum atomic E-state index is 4.98. The van der Waals surface area contributed by atoms with Gasteiger partial charge < -0.3 is 9.88 Å². The lowest BCUT2D eigenvalue weighted by Gasteiger charge is -2.37. The van der Waals surface area contributed by atoms with E-state index in [9.17, 15) is 0 Å². The van der Waals surface area contributed by atoms with E-state index in [0.717, 1.165) is 6.42 Å². The summed E-state index contributed by atoms with van der Waals surface area (Å²) in [7, 11) is 2.13. The topological polar surface area (TPSA) is 29.9 Å². The summed E-state index contributed by atoms with van der Waals surface area (Å²) in [4.78, 5) is 4.98. The molecule has 0 spiro atoms. The van der Waals surface area contributed by atoms with Gasteiger partial charge >= 0.3 is 0 Å². The molecule has 0 atom stereocenters. The normalized spacial score (nSPS) is 21.8. The van der Waals surface area contributed by atoms with Crippen LogP contribution in [0.3, 0.4) is 0 Å². The third kappa shape index (κ3) is 2.38. The minimum absolute atomic E-state index is 0.270. The maximum absolute atomic E-state index is 4.98. The van der Waals surface area contributed by atoms with Crippen LogP contribution < -0.4 is 5.32 Å². The zero-order valence-corrected chi connectivity index (χ0v) is 12.9. The molecule has 112 valence electrons. The van der Waals surface area contributed by atoms with Crippen LogP contribution in [0.2, 0.25) is 0 Å². The predicted octanol–water partition coefficient (Wildman–Crippen LogP) is 3.84. The van der Waals surface area contributed by atoms with Gasteiger partial charge in [-0.05, 0) is 44.9 Å². The van der Waals surface area contributed by atoms with Crippen LogP contribution in [-0.2, 0) is 6.42 Å². The van der Waals surface area contributed by atoms with Crippen LogP contribution in [0.1, 0.15) is 56.8 Å². The molecular weight excluding hydrogens is 258 g/mol. The van der Waals surface area contributed by atoms with Crippen molar-refractivity contribution >= 4 is 11.0 Å². The number of imidazole rings is 1. The molecule has 0 saturated heterocycles. The molecule has 1 heterocycles. The highest BCUT2D eigenvalue weighted by atomic mass is 15.1. The van der Waals surface area contributed by atoms with Crippen LogP contribution in [0.4, 0.5) is 0 Å². The second-order valence-electron chi connectivity index (χ2n) is 6.89. The van der Waals surface area contributed by atoms with Gasteiger partial charge in [0.05, 0.1) is 11.0 Å². The van der Waals surface area contributed by atoms with Gasteiger partial charge in [0.1, 0.15) is 5.82 Å². The van der Waals surface area contributed by atoms with Crippen LogP contribution in [0.15, 0.2) is 24.3 Å². The van der Waals surface area contributed by atoms with Gasteiger partial charge in [0.2, 0.25) is 0 Å². The summed E-state index contributed by atoms with van der Waals surface area (Å²) in [6.45, 7) is 0. The maximum Gasteiger partial charge on any atom is 0.111 e. The van der Waals surface area contributed by atoms with Gasteiger partial charge in [-0.3, -0.25) is 0 Å². The standard InChI is InChI=1S/C18H25N3/c1-19-18(11-5-2-6-12-18)13-17-20-15-7-3-4-8-16(15)21(17)14-9-10-14/h3-4,7-8,14,19H,2,5-6,9-13H2,1H3. The second-order valence-corrected chi connectivity index (χ2v) is 6.89. The number of aromatic nitrogens is 2. The van der Waals surface area contributed by atoms with Crippen molar-refractivity contribution in [2.24, 2.45) is 0 Å². The summed E-state index contributed by atoms with van der Waals surface area (Å²) in [5.41, 5.74) is 2.77. The molecule has 2 aliphatic rings. The first-order valence-corrected chi connectivity index (χ1v) is 8.46. The molecule has 2 aliphatic carbocycles. The Bertz CT molecular complexity index is 633. The fraction of sp³-hybridized carbons (Fsp3) is 0.611. The Labute approximate surface area is 126 Å². The minimum atomic E-state index is 0.270. The van der Waals surface area contributed by atoms with E-state index >= 15 is 0 Å². The smallest absolute Gasteiger partial charge is 0.111 e. The van der Waals surface area contributed by atoms with E-state index in [4.69, 9.17) is 4.98 Å². The van der Waals surface area contributed by atoms with Crippen molar-refractivity contribution in [3.63, 3.8) is 0 Å². The van der Waals surface area contributed by atoms with Crippen LogP contribution in [0.25, 0.3) is 11.0 Å². The van der Waals surface area contributed by atoms with Gasteiger partial charge in [-0.1, -0.05) is 31.4 Å². The molecule has 1 aromatic heterocycles. The lowest BCUT2D eigenvalue weighted by atomic mass is 9.79. The molecule has 2 saturated carbocycles. The van der Waals surface area contributed by atoms with Gasteiger partial charge in [0.15, 0.2) is 0 Å². The number of para-hydroxylation sites is 2. The zero-order valence-electron chi connectivity index (χ0n) is 12.9. The van der Waals surface area contributed by atoms with Crippen LogP contribution >= 0.6 is 0 Å². The predicted molar refractivity (Wildman–Crippen MR) is 86.6 cm³/mol. The van der Waals surface area contributed by atoms with E-state index in [-0.39, 0.29) is 5.54 Å². The van der Waals surface area contributed by atoms with Crippen molar-refractivity contribution in [1.29, 1.82) is 0 Å². The molecule has 0 amide bonds. The lowest BCUT2D eigenvalue weighted by molar-refractivity contribution is 0.239. The Kier molecular flexibility index (Phi) is 3.26. The van der Waals surface area contributed by atoms with Crippen molar-refractivity contribution in [1.82, 2.24) is 14.9 Å². The average Bonchev–Trinajstić information content (AvgIpc) is 3.29. The number of fused-ring (bicyclic) bond motifs is 1. The Hall–Kier alpha value is -1.35. The third-order valence-electron chi connectivity index (χ3n) is 5.42. The summed E-state index contributed by atoms with van der Waals surface area (Å²) in [6, 6.07) is 9.33. The van der Waals surface area contributed by atoms with Crippen LogP contribution in [0.5, 0.6) is 0 Å². The molecule has 0 unspecified atom stereocenters. The fourth-order valence-electron chi connectivity index (χ4n) is 4.01. The molecule has 1 aromatic carbocycles. The van der Waals surface area contributed by atoms with Gasteiger partial charge in [0.25, 0.3) is 0 Å². The van der Waals surface area contributed by atoms with Gasteiger partial charge in [-0.15, -0.1) is 0 Å². The number of hydrogen-bond donors (Lipinski definition) is 1. The van der Waals surface area contributed by atoms with E-state index < -0.39 is 0 Å². The molecule has 0 aliphatic heterocycles. The van der Waals surface area contributed by atoms with Crippen molar-refractivity contribution in [2.75, 3.05) is 7.05 Å². The second kappa shape index (κ2) is 5.13. The largest absolute Gasteiger partial charge is 0.325 e. The van der Waals surface area contributed by atoms with E-state index in [1.807, 2.05) is 0 Å². The summed E-state index contributed by atoms with van der Waals surface area (Å²) < 4.78 is 2.53. The van der Waals surface area contributed by atoms with Gasteiger partial charge in [0, 0.05) is 18.0 Å². The molecule has 0 bridgehead atoms. The number of nitrogens with one attached hydrogen (secondary N) is 1. The number of likely N-dealkylation sites (N-methyl/N-ethyl adjacent to an activating group) is 1. The highest BCUT2D eigenvalue weighted by Crippen LogP contribution is 2.40. The number of nitrogens with zero attached hydrogens (tertiary/aromatic N) is 2. The summed E-state index contributed by atoms with van der Waals surface area (Å²) in [5.74, 6) is 1.30. The van der Waals surface area contributed by atoms with Crippen molar-refractivity contribution in [3.05, 3.63) is 30.1 Å². The SMILES string of the molecule is CNC1(Cc2nc3ccccc3n2C2CC2)CCCCC1. The van der Waals surface area contributed by atoms with Crippen molar-refractivity contribution < 1.29 is 0 Å². The zero-order chi connectivity index (χ0) is 14.3. The number of rotatable bonds is 4. The molecule has 4 rings (SSSR count). The molecule has 3 nitrogen and oxygen atoms in total. The van der Waals surface area contributed by atoms with E-state index in [2.05, 4.69) is 41.2 Å². The first kappa shape index (κ1) is 13.3. The average molecular weight is 283 g/mol. The quantitative estimate of drug-likeness (QED) is 0.924. The van der Waals surface area contributed by atoms with E-state index in [0.29, 0.717) is 6.04 Å². The Balaban J connectivity index is 1.73. The molecule has 2 aromatic rings. The highest BCUT2D eigenvalue weighted by molar-refractivity contribution is 5.76. The van der Waals surface area contributed by atoms with Crippen LogP contribution in [-0.4, -0.2) is 22.1 Å². The highest BCUT2D eigenvalue weighted by Gasteiger charge is 2.35. The van der Waals surface area contributed by atoms with E-state index in [1.165, 1.54) is 61.8 Å². The molecule has 3 heteroatoms. The molecule has 21 heavy (non-hydrogen) atoms. The summed E-state index contributed by atoms with van der Waals surface area (Å²) in [5, 5.41) is 3.64.